The van der Waals surface area contributed by atoms with Crippen molar-refractivity contribution in [3.05, 3.63) is 83.9 Å². The van der Waals surface area contributed by atoms with E-state index in [4.69, 9.17) is 4.74 Å². The number of nitrogens with zero attached hydrogens (tertiary/aromatic N) is 1. The molecule has 0 fully saturated rings. The lowest BCUT2D eigenvalue weighted by Gasteiger charge is -2.11. The van der Waals surface area contributed by atoms with Crippen LogP contribution >= 0.6 is 0 Å². The maximum atomic E-state index is 13.9. The zero-order valence-corrected chi connectivity index (χ0v) is 13.0. The molecule has 0 aliphatic rings. The van der Waals surface area contributed by atoms with Gasteiger partial charge in [-0.3, -0.25) is 0 Å². The van der Waals surface area contributed by atoms with Crippen molar-refractivity contribution in [1.82, 2.24) is 9.88 Å². The van der Waals surface area contributed by atoms with Crippen molar-refractivity contribution in [2.45, 2.75) is 13.1 Å². The molecule has 3 rings (SSSR count). The summed E-state index contributed by atoms with van der Waals surface area (Å²) in [5, 5.41) is 3.39. The van der Waals surface area contributed by atoms with Gasteiger partial charge in [0.05, 0.1) is 12.8 Å². The average molecular weight is 310 g/mol. The van der Waals surface area contributed by atoms with Crippen LogP contribution in [-0.2, 0) is 13.1 Å². The first-order chi connectivity index (χ1) is 11.3. The summed E-state index contributed by atoms with van der Waals surface area (Å²) in [6, 6.07) is 18.7. The summed E-state index contributed by atoms with van der Waals surface area (Å²) in [7, 11) is 1.66. The summed E-state index contributed by atoms with van der Waals surface area (Å²) >= 11 is 0. The van der Waals surface area contributed by atoms with Crippen LogP contribution in [0.25, 0.3) is 5.69 Å². The lowest BCUT2D eigenvalue weighted by Crippen LogP contribution is -2.15. The Hall–Kier alpha value is -2.59. The zero-order valence-electron chi connectivity index (χ0n) is 13.0. The van der Waals surface area contributed by atoms with Gasteiger partial charge in [-0.05, 0) is 42.0 Å². The first-order valence-corrected chi connectivity index (χ1v) is 7.53. The van der Waals surface area contributed by atoms with Crippen molar-refractivity contribution in [3.8, 4) is 11.4 Å². The molecule has 1 heterocycles. The third-order valence-corrected chi connectivity index (χ3v) is 3.74. The molecular formula is C19H19FN2O. The van der Waals surface area contributed by atoms with Crippen LogP contribution in [0.3, 0.4) is 0 Å². The van der Waals surface area contributed by atoms with Gasteiger partial charge in [-0.2, -0.15) is 0 Å². The molecule has 2 aromatic carbocycles. The molecule has 118 valence electrons. The monoisotopic (exact) mass is 310 g/mol. The van der Waals surface area contributed by atoms with Crippen molar-refractivity contribution in [2.75, 3.05) is 7.11 Å². The van der Waals surface area contributed by atoms with Crippen LogP contribution in [0.1, 0.15) is 11.3 Å². The van der Waals surface area contributed by atoms with E-state index in [0.29, 0.717) is 12.2 Å². The molecule has 0 saturated carbocycles. The standard InChI is InChI=1S/C19H19FN2O/c1-23-17-10-8-15(9-11-17)13-21-14-16-5-4-12-22(16)19-7-3-2-6-18(19)20/h2-12,21H,13-14H2,1H3. The maximum Gasteiger partial charge on any atom is 0.147 e. The normalized spacial score (nSPS) is 10.7. The Bertz CT molecular complexity index is 765. The number of methoxy groups -OCH3 is 1. The molecule has 1 aromatic heterocycles. The Labute approximate surface area is 135 Å². The van der Waals surface area contributed by atoms with Gasteiger partial charge in [0, 0.05) is 25.0 Å². The highest BCUT2D eigenvalue weighted by Crippen LogP contribution is 2.16. The highest BCUT2D eigenvalue weighted by molar-refractivity contribution is 5.36. The van der Waals surface area contributed by atoms with E-state index < -0.39 is 0 Å². The van der Waals surface area contributed by atoms with Crippen molar-refractivity contribution in [3.63, 3.8) is 0 Å². The number of para-hydroxylation sites is 1. The van der Waals surface area contributed by atoms with E-state index in [1.54, 1.807) is 19.2 Å². The second-order valence-corrected chi connectivity index (χ2v) is 5.27. The number of aromatic nitrogens is 1. The highest BCUT2D eigenvalue weighted by Gasteiger charge is 2.07. The fraction of sp³-hybridized carbons (Fsp3) is 0.158. The van der Waals surface area contributed by atoms with Crippen LogP contribution in [0.2, 0.25) is 0 Å². The van der Waals surface area contributed by atoms with Crippen LogP contribution in [0, 0.1) is 5.82 Å². The van der Waals surface area contributed by atoms with Crippen LogP contribution < -0.4 is 10.1 Å². The van der Waals surface area contributed by atoms with Crippen molar-refractivity contribution in [2.24, 2.45) is 0 Å². The van der Waals surface area contributed by atoms with Crippen LogP contribution in [0.4, 0.5) is 4.39 Å². The van der Waals surface area contributed by atoms with E-state index in [-0.39, 0.29) is 5.82 Å². The number of hydrogen-bond donors (Lipinski definition) is 1. The number of ether oxygens (including phenoxy) is 1. The maximum absolute atomic E-state index is 13.9. The minimum Gasteiger partial charge on any atom is -0.497 e. The number of nitrogens with one attached hydrogen (secondary N) is 1. The Morgan fingerprint density at radius 2 is 1.74 bits per heavy atom. The fourth-order valence-electron chi connectivity index (χ4n) is 2.52. The molecule has 0 unspecified atom stereocenters. The van der Waals surface area contributed by atoms with E-state index in [0.717, 1.165) is 18.0 Å². The molecule has 0 aliphatic heterocycles. The van der Waals surface area contributed by atoms with Crippen LogP contribution in [0.15, 0.2) is 66.9 Å². The molecule has 3 nitrogen and oxygen atoms in total. The molecule has 0 saturated heterocycles. The van der Waals surface area contributed by atoms with Gasteiger partial charge in [-0.25, -0.2) is 4.39 Å². The van der Waals surface area contributed by atoms with Gasteiger partial charge in [0.25, 0.3) is 0 Å². The number of halogens is 1. The largest absolute Gasteiger partial charge is 0.497 e. The average Bonchev–Trinajstić information content (AvgIpc) is 3.04. The molecule has 4 heteroatoms. The van der Waals surface area contributed by atoms with Crippen LogP contribution in [0.5, 0.6) is 5.75 Å². The second-order valence-electron chi connectivity index (χ2n) is 5.27. The van der Waals surface area contributed by atoms with Gasteiger partial charge < -0.3 is 14.6 Å². The minimum absolute atomic E-state index is 0.222. The fourth-order valence-corrected chi connectivity index (χ4v) is 2.52. The lowest BCUT2D eigenvalue weighted by molar-refractivity contribution is 0.414. The summed E-state index contributed by atoms with van der Waals surface area (Å²) in [5.74, 6) is 0.627. The Balaban J connectivity index is 1.65. The summed E-state index contributed by atoms with van der Waals surface area (Å²) in [5.41, 5.74) is 2.76. The highest BCUT2D eigenvalue weighted by atomic mass is 19.1. The smallest absolute Gasteiger partial charge is 0.147 e. The van der Waals surface area contributed by atoms with Crippen molar-refractivity contribution in [1.29, 1.82) is 0 Å². The third-order valence-electron chi connectivity index (χ3n) is 3.74. The summed E-state index contributed by atoms with van der Waals surface area (Å²) in [4.78, 5) is 0. The molecule has 1 N–H and O–H groups in total. The van der Waals surface area contributed by atoms with Gasteiger partial charge in [0.15, 0.2) is 0 Å². The Kier molecular flexibility index (Phi) is 4.74. The van der Waals surface area contributed by atoms with E-state index in [1.807, 2.05) is 53.2 Å². The third kappa shape index (κ3) is 3.60. The van der Waals surface area contributed by atoms with Gasteiger partial charge in [0.1, 0.15) is 11.6 Å². The van der Waals surface area contributed by atoms with Crippen molar-refractivity contribution < 1.29 is 9.13 Å². The number of rotatable bonds is 6. The Morgan fingerprint density at radius 1 is 0.957 bits per heavy atom. The molecule has 3 aromatic rings. The topological polar surface area (TPSA) is 26.2 Å². The number of benzene rings is 2. The van der Waals surface area contributed by atoms with E-state index in [2.05, 4.69) is 5.32 Å². The van der Waals surface area contributed by atoms with E-state index in [9.17, 15) is 4.39 Å². The molecule has 0 radical (unpaired) electrons. The van der Waals surface area contributed by atoms with Gasteiger partial charge in [-0.15, -0.1) is 0 Å². The molecule has 0 spiro atoms. The lowest BCUT2D eigenvalue weighted by atomic mass is 10.2. The Morgan fingerprint density at radius 3 is 2.48 bits per heavy atom. The molecule has 0 aliphatic carbocycles. The summed E-state index contributed by atoms with van der Waals surface area (Å²) in [6.07, 6.45) is 1.88. The number of hydrogen-bond acceptors (Lipinski definition) is 2. The summed E-state index contributed by atoms with van der Waals surface area (Å²) < 4.78 is 21.0. The first-order valence-electron chi connectivity index (χ1n) is 7.53. The predicted octanol–water partition coefficient (Wildman–Crippen LogP) is 3.91. The van der Waals surface area contributed by atoms with Crippen LogP contribution in [-0.4, -0.2) is 11.7 Å². The minimum atomic E-state index is -0.222. The molecule has 0 bridgehead atoms. The van der Waals surface area contributed by atoms with Gasteiger partial charge in [-0.1, -0.05) is 24.3 Å². The zero-order chi connectivity index (χ0) is 16.1. The first kappa shape index (κ1) is 15.3. The van der Waals surface area contributed by atoms with Gasteiger partial charge >= 0.3 is 0 Å². The van der Waals surface area contributed by atoms with Gasteiger partial charge in [0.2, 0.25) is 0 Å². The summed E-state index contributed by atoms with van der Waals surface area (Å²) in [6.45, 7) is 1.40. The SMILES string of the molecule is COc1ccc(CNCc2cccn2-c2ccccc2F)cc1. The molecule has 23 heavy (non-hydrogen) atoms. The van der Waals surface area contributed by atoms with Crippen molar-refractivity contribution >= 4 is 0 Å². The molecular weight excluding hydrogens is 291 g/mol. The van der Waals surface area contributed by atoms with E-state index in [1.165, 1.54) is 11.6 Å². The van der Waals surface area contributed by atoms with E-state index >= 15 is 0 Å². The predicted molar refractivity (Wildman–Crippen MR) is 89.3 cm³/mol. The quantitative estimate of drug-likeness (QED) is 0.747. The second kappa shape index (κ2) is 7.11. The molecule has 0 atom stereocenters. The molecule has 0 amide bonds.